The van der Waals surface area contributed by atoms with E-state index in [1.165, 1.54) is 20.3 Å². The predicted octanol–water partition coefficient (Wildman–Crippen LogP) is 4.29. The van der Waals surface area contributed by atoms with Crippen molar-refractivity contribution in [1.82, 2.24) is 0 Å². The maximum atomic E-state index is 12.8. The summed E-state index contributed by atoms with van der Waals surface area (Å²) in [6.07, 6.45) is -5.06. The summed E-state index contributed by atoms with van der Waals surface area (Å²) in [7, 11) is 2.94. The van der Waals surface area contributed by atoms with Gasteiger partial charge in [0, 0.05) is 18.1 Å². The van der Waals surface area contributed by atoms with E-state index in [0.717, 1.165) is 5.56 Å². The van der Waals surface area contributed by atoms with Crippen molar-refractivity contribution in [3.8, 4) is 11.5 Å². The van der Waals surface area contributed by atoms with Gasteiger partial charge in [-0.1, -0.05) is 30.3 Å². The Labute approximate surface area is 229 Å². The Hall–Kier alpha value is -4.29. The van der Waals surface area contributed by atoms with Gasteiger partial charge >= 0.3 is 17.9 Å². The van der Waals surface area contributed by atoms with Gasteiger partial charge in [0.25, 0.3) is 0 Å². The molecule has 212 valence electrons. The van der Waals surface area contributed by atoms with Crippen LogP contribution in [0.2, 0.25) is 0 Å². The molecule has 2 fully saturated rings. The van der Waals surface area contributed by atoms with Crippen LogP contribution in [0, 0.1) is 6.92 Å². The Morgan fingerprint density at radius 3 is 2.48 bits per heavy atom. The number of aryl methyl sites for hydroxylation is 1. The van der Waals surface area contributed by atoms with Gasteiger partial charge in [-0.2, -0.15) is 0 Å². The molecule has 3 aromatic rings. The Balaban J connectivity index is 1.41. The molecule has 0 spiro atoms. The SMILES string of the molecule is COc1cc2cc(NC(=O)OCc3ccccc3)c(=O)oc2c(C)c1O[C@@H]1OC(C)(C)[C@H](OC)[C@@H]2OC(=O)O[C@H]12. The van der Waals surface area contributed by atoms with Crippen LogP contribution >= 0.6 is 0 Å². The summed E-state index contributed by atoms with van der Waals surface area (Å²) in [4.78, 5) is 37.1. The molecule has 40 heavy (non-hydrogen) atoms. The van der Waals surface area contributed by atoms with Gasteiger partial charge in [0.2, 0.25) is 12.4 Å². The van der Waals surface area contributed by atoms with Crippen molar-refractivity contribution >= 4 is 28.9 Å². The molecule has 12 nitrogen and oxygen atoms in total. The quantitative estimate of drug-likeness (QED) is 0.330. The third-order valence-electron chi connectivity index (χ3n) is 6.79. The van der Waals surface area contributed by atoms with Crippen LogP contribution < -0.4 is 20.4 Å². The van der Waals surface area contributed by atoms with Crippen molar-refractivity contribution < 1.29 is 47.2 Å². The molecule has 1 amide bonds. The number of hydrogen-bond acceptors (Lipinski definition) is 11. The van der Waals surface area contributed by atoms with E-state index in [9.17, 15) is 14.4 Å². The molecule has 1 N–H and O–H groups in total. The van der Waals surface area contributed by atoms with Gasteiger partial charge in [-0.15, -0.1) is 0 Å². The van der Waals surface area contributed by atoms with E-state index in [1.54, 1.807) is 26.8 Å². The molecular formula is C28H29NO11. The molecule has 1 aromatic heterocycles. The number of hydrogen-bond donors (Lipinski definition) is 1. The van der Waals surface area contributed by atoms with Crippen LogP contribution in [0.1, 0.15) is 25.0 Å². The van der Waals surface area contributed by atoms with Crippen LogP contribution in [-0.4, -0.2) is 56.7 Å². The third-order valence-corrected chi connectivity index (χ3v) is 6.79. The predicted molar refractivity (Wildman–Crippen MR) is 140 cm³/mol. The maximum Gasteiger partial charge on any atom is 0.509 e. The van der Waals surface area contributed by atoms with Gasteiger partial charge in [-0.3, -0.25) is 5.32 Å². The summed E-state index contributed by atoms with van der Waals surface area (Å²) < 4.78 is 44.9. The van der Waals surface area contributed by atoms with Crippen molar-refractivity contribution in [3.63, 3.8) is 0 Å². The number of anilines is 1. The van der Waals surface area contributed by atoms with E-state index < -0.39 is 48.1 Å². The van der Waals surface area contributed by atoms with E-state index in [1.807, 2.05) is 30.3 Å². The van der Waals surface area contributed by atoms with Gasteiger partial charge in [-0.25, -0.2) is 14.4 Å². The summed E-state index contributed by atoms with van der Waals surface area (Å²) in [5.41, 5.74) is -0.397. The number of ether oxygens (including phenoxy) is 7. The number of carbonyl (C=O) groups is 2. The van der Waals surface area contributed by atoms with Crippen molar-refractivity contribution in [2.45, 2.75) is 57.6 Å². The molecule has 0 bridgehead atoms. The first-order valence-electron chi connectivity index (χ1n) is 12.5. The van der Waals surface area contributed by atoms with E-state index in [2.05, 4.69) is 5.32 Å². The molecule has 0 unspecified atom stereocenters. The lowest BCUT2D eigenvalue weighted by Gasteiger charge is -2.45. The first kappa shape index (κ1) is 27.3. The first-order chi connectivity index (χ1) is 19.1. The molecule has 2 saturated heterocycles. The molecule has 2 aliphatic rings. The Morgan fingerprint density at radius 2 is 1.77 bits per heavy atom. The second-order valence-corrected chi connectivity index (χ2v) is 9.86. The highest BCUT2D eigenvalue weighted by molar-refractivity contribution is 5.90. The first-order valence-corrected chi connectivity index (χ1v) is 12.5. The molecule has 12 heteroatoms. The molecule has 5 rings (SSSR count). The average molecular weight is 556 g/mol. The second-order valence-electron chi connectivity index (χ2n) is 9.86. The molecule has 2 aromatic carbocycles. The smallest absolute Gasteiger partial charge is 0.493 e. The minimum Gasteiger partial charge on any atom is -0.493 e. The Kier molecular flexibility index (Phi) is 7.30. The van der Waals surface area contributed by atoms with Crippen molar-refractivity contribution in [3.05, 3.63) is 64.0 Å². The van der Waals surface area contributed by atoms with Crippen molar-refractivity contribution in [1.29, 1.82) is 0 Å². The summed E-state index contributed by atoms with van der Waals surface area (Å²) in [6.45, 7) is 5.27. The highest BCUT2D eigenvalue weighted by Crippen LogP contribution is 2.42. The fourth-order valence-electron chi connectivity index (χ4n) is 4.92. The molecule has 2 aliphatic heterocycles. The van der Waals surface area contributed by atoms with E-state index in [-0.39, 0.29) is 29.4 Å². The number of benzene rings is 2. The van der Waals surface area contributed by atoms with E-state index >= 15 is 0 Å². The summed E-state index contributed by atoms with van der Waals surface area (Å²) >= 11 is 0. The molecule has 3 heterocycles. The average Bonchev–Trinajstić information content (AvgIpc) is 3.31. The van der Waals surface area contributed by atoms with Gasteiger partial charge in [0.05, 0.1) is 12.7 Å². The molecule has 0 saturated carbocycles. The van der Waals surface area contributed by atoms with Gasteiger partial charge < -0.3 is 37.6 Å². The lowest BCUT2D eigenvalue weighted by atomic mass is 9.89. The lowest BCUT2D eigenvalue weighted by Crippen LogP contribution is -2.62. The number of amides is 1. The van der Waals surface area contributed by atoms with E-state index in [0.29, 0.717) is 10.9 Å². The van der Waals surface area contributed by atoms with Crippen LogP contribution in [0.4, 0.5) is 15.3 Å². The maximum absolute atomic E-state index is 12.8. The minimum absolute atomic E-state index is 0.0343. The summed E-state index contributed by atoms with van der Waals surface area (Å²) in [5.74, 6) is 0.494. The van der Waals surface area contributed by atoms with Crippen LogP contribution in [0.3, 0.4) is 0 Å². The Bertz CT molecular complexity index is 1480. The normalized spacial score (nSPS) is 23.1. The zero-order valence-corrected chi connectivity index (χ0v) is 22.5. The third kappa shape index (κ3) is 5.15. The fraction of sp³-hybridized carbons (Fsp3) is 0.393. The number of carbonyl (C=O) groups excluding carboxylic acids is 2. The minimum atomic E-state index is -1.09. The van der Waals surface area contributed by atoms with Gasteiger partial charge in [0.1, 0.15) is 24.0 Å². The van der Waals surface area contributed by atoms with Crippen molar-refractivity contribution in [2.24, 2.45) is 0 Å². The van der Waals surface area contributed by atoms with Crippen LogP contribution in [0.5, 0.6) is 11.5 Å². The van der Waals surface area contributed by atoms with Crippen LogP contribution in [0.15, 0.2) is 51.7 Å². The molecule has 0 aliphatic carbocycles. The largest absolute Gasteiger partial charge is 0.509 e. The number of rotatable bonds is 7. The van der Waals surface area contributed by atoms with E-state index in [4.69, 9.17) is 37.6 Å². The fourth-order valence-corrected chi connectivity index (χ4v) is 4.92. The second kappa shape index (κ2) is 10.7. The number of nitrogens with one attached hydrogen (secondary N) is 1. The zero-order valence-electron chi connectivity index (χ0n) is 22.5. The van der Waals surface area contributed by atoms with Crippen LogP contribution in [0.25, 0.3) is 11.0 Å². The van der Waals surface area contributed by atoms with Crippen LogP contribution in [-0.2, 0) is 30.3 Å². The summed E-state index contributed by atoms with van der Waals surface area (Å²) in [6, 6.07) is 12.2. The highest BCUT2D eigenvalue weighted by Gasteiger charge is 2.59. The number of methoxy groups -OCH3 is 2. The molecule has 4 atom stereocenters. The van der Waals surface area contributed by atoms with Gasteiger partial charge in [0.15, 0.2) is 17.6 Å². The lowest BCUT2D eigenvalue weighted by molar-refractivity contribution is -0.283. The van der Waals surface area contributed by atoms with Gasteiger partial charge in [-0.05, 0) is 38.5 Å². The zero-order chi connectivity index (χ0) is 28.6. The standard InChI is InChI=1S/C28H29NO11/c1-14-19-16(11-17(24(30)36-19)29-26(31)35-13-15-9-7-6-8-10-15)12-18(33-4)20(14)37-25-22-21(38-27(32)39-22)23(34-5)28(2,3)40-25/h6-12,21-23,25H,13H2,1-5H3,(H,29,31)/t21-,22+,23-,25-/m1/s1. The molecular weight excluding hydrogens is 526 g/mol. The topological polar surface area (TPSA) is 141 Å². The number of fused-ring (bicyclic) bond motifs is 2. The molecule has 0 radical (unpaired) electrons. The highest BCUT2D eigenvalue weighted by atomic mass is 16.8. The monoisotopic (exact) mass is 555 g/mol. The Morgan fingerprint density at radius 1 is 1.05 bits per heavy atom. The van der Waals surface area contributed by atoms with Crippen molar-refractivity contribution in [2.75, 3.05) is 19.5 Å². The summed E-state index contributed by atoms with van der Waals surface area (Å²) in [5, 5.41) is 2.88.